The van der Waals surface area contributed by atoms with Gasteiger partial charge >= 0.3 is 0 Å². The normalized spacial score (nSPS) is 30.9. The molecule has 1 fully saturated rings. The molecule has 3 N–H and O–H groups in total. The molecule has 0 heterocycles. The summed E-state index contributed by atoms with van der Waals surface area (Å²) in [6, 6.07) is 0.361. The molecule has 0 aromatic carbocycles. The summed E-state index contributed by atoms with van der Waals surface area (Å²) in [6.07, 6.45) is 2.83. The Hall–Kier alpha value is -0.610. The third-order valence-corrected chi connectivity index (χ3v) is 3.51. The molecular weight excluding hydrogens is 216 g/mol. The lowest BCUT2D eigenvalue weighted by molar-refractivity contribution is -0.128. The van der Waals surface area contributed by atoms with Crippen LogP contribution in [0.5, 0.6) is 0 Å². The summed E-state index contributed by atoms with van der Waals surface area (Å²) in [6.45, 7) is 7.33. The fourth-order valence-corrected chi connectivity index (χ4v) is 2.51. The molecule has 1 aliphatic rings. The predicted molar refractivity (Wildman–Crippen MR) is 68.6 cm³/mol. The average Bonchev–Trinajstić information content (AvgIpc) is 2.26. The quantitative estimate of drug-likeness (QED) is 0.763. The molecule has 1 aliphatic carbocycles. The first-order chi connectivity index (χ1) is 8.04. The second-order valence-corrected chi connectivity index (χ2v) is 5.23. The number of carbonyl (C=O) groups excluding carboxylic acids is 1. The van der Waals surface area contributed by atoms with Crippen LogP contribution in [0.15, 0.2) is 0 Å². The summed E-state index contributed by atoms with van der Waals surface area (Å²) < 4.78 is 5.29. The highest BCUT2D eigenvalue weighted by molar-refractivity contribution is 5.79. The number of rotatable bonds is 5. The van der Waals surface area contributed by atoms with Crippen LogP contribution in [0.3, 0.4) is 0 Å². The van der Waals surface area contributed by atoms with Gasteiger partial charge in [-0.25, -0.2) is 0 Å². The zero-order valence-corrected chi connectivity index (χ0v) is 11.2. The van der Waals surface area contributed by atoms with Gasteiger partial charge in [-0.2, -0.15) is 0 Å². The van der Waals surface area contributed by atoms with Crippen molar-refractivity contribution in [3.63, 3.8) is 0 Å². The van der Waals surface area contributed by atoms with Crippen LogP contribution in [0.25, 0.3) is 0 Å². The predicted octanol–water partition coefficient (Wildman–Crippen LogP) is 1.29. The van der Waals surface area contributed by atoms with Gasteiger partial charge < -0.3 is 15.8 Å². The maximum atomic E-state index is 12.1. The first-order valence-electron chi connectivity index (χ1n) is 6.68. The van der Waals surface area contributed by atoms with Gasteiger partial charge in [0.15, 0.2) is 0 Å². The molecule has 0 radical (unpaired) electrons. The largest absolute Gasteiger partial charge is 0.380 e. The van der Waals surface area contributed by atoms with E-state index in [0.717, 1.165) is 19.3 Å². The van der Waals surface area contributed by atoms with E-state index in [1.165, 1.54) is 0 Å². The highest BCUT2D eigenvalue weighted by atomic mass is 16.5. The van der Waals surface area contributed by atoms with Crippen LogP contribution in [-0.4, -0.2) is 31.2 Å². The van der Waals surface area contributed by atoms with Crippen molar-refractivity contribution in [3.05, 3.63) is 0 Å². The minimum atomic E-state index is 0.0882. The Kier molecular flexibility index (Phi) is 5.92. The van der Waals surface area contributed by atoms with Gasteiger partial charge in [0, 0.05) is 24.6 Å². The lowest BCUT2D eigenvalue weighted by Crippen LogP contribution is -2.44. The minimum absolute atomic E-state index is 0.0882. The number of amides is 1. The summed E-state index contributed by atoms with van der Waals surface area (Å²) in [5, 5.41) is 3.02. The van der Waals surface area contributed by atoms with Crippen LogP contribution in [0.4, 0.5) is 0 Å². The summed E-state index contributed by atoms with van der Waals surface area (Å²) in [7, 11) is 0. The van der Waals surface area contributed by atoms with E-state index in [9.17, 15) is 4.79 Å². The molecular formula is C13H26N2O2. The van der Waals surface area contributed by atoms with Crippen LogP contribution >= 0.6 is 0 Å². The summed E-state index contributed by atoms with van der Waals surface area (Å²) >= 11 is 0. The summed E-state index contributed by atoms with van der Waals surface area (Å²) in [5.74, 6) is 0.675. The minimum Gasteiger partial charge on any atom is -0.380 e. The van der Waals surface area contributed by atoms with E-state index < -0.39 is 0 Å². The Morgan fingerprint density at radius 1 is 1.53 bits per heavy atom. The monoisotopic (exact) mass is 242 g/mol. The fourth-order valence-electron chi connectivity index (χ4n) is 2.51. The smallest absolute Gasteiger partial charge is 0.223 e. The van der Waals surface area contributed by atoms with Crippen molar-refractivity contribution in [1.29, 1.82) is 0 Å². The molecule has 4 nitrogen and oxygen atoms in total. The van der Waals surface area contributed by atoms with E-state index in [4.69, 9.17) is 10.5 Å². The topological polar surface area (TPSA) is 64.3 Å². The molecule has 100 valence electrons. The molecule has 1 saturated carbocycles. The second kappa shape index (κ2) is 6.97. The third kappa shape index (κ3) is 4.64. The number of hydrogen-bond acceptors (Lipinski definition) is 3. The molecule has 0 spiro atoms. The molecule has 4 atom stereocenters. The molecule has 0 bridgehead atoms. The molecule has 4 heteroatoms. The number of hydrogen-bond donors (Lipinski definition) is 2. The zero-order chi connectivity index (χ0) is 12.8. The molecule has 0 aromatic heterocycles. The molecule has 1 rings (SSSR count). The van der Waals surface area contributed by atoms with E-state index in [2.05, 4.69) is 12.2 Å². The van der Waals surface area contributed by atoms with E-state index in [1.807, 2.05) is 13.8 Å². The van der Waals surface area contributed by atoms with E-state index >= 15 is 0 Å². The Balaban J connectivity index is 2.36. The zero-order valence-electron chi connectivity index (χ0n) is 11.2. The fraction of sp³-hybridized carbons (Fsp3) is 0.923. The number of nitrogens with one attached hydrogen (secondary N) is 1. The van der Waals surface area contributed by atoms with Gasteiger partial charge in [-0.05, 0) is 39.0 Å². The van der Waals surface area contributed by atoms with Crippen molar-refractivity contribution in [2.24, 2.45) is 17.6 Å². The second-order valence-electron chi connectivity index (χ2n) is 5.23. The lowest BCUT2D eigenvalue weighted by atomic mass is 9.77. The van der Waals surface area contributed by atoms with Crippen LogP contribution in [0.2, 0.25) is 0 Å². The molecule has 0 aromatic rings. The summed E-state index contributed by atoms with van der Waals surface area (Å²) in [5.41, 5.74) is 5.90. The van der Waals surface area contributed by atoms with Crippen molar-refractivity contribution < 1.29 is 9.53 Å². The lowest BCUT2D eigenvalue weighted by Gasteiger charge is -2.32. The molecule has 4 unspecified atom stereocenters. The van der Waals surface area contributed by atoms with Gasteiger partial charge in [0.1, 0.15) is 0 Å². The van der Waals surface area contributed by atoms with E-state index in [-0.39, 0.29) is 23.9 Å². The van der Waals surface area contributed by atoms with Crippen LogP contribution in [-0.2, 0) is 9.53 Å². The van der Waals surface area contributed by atoms with Gasteiger partial charge in [0.05, 0.1) is 6.61 Å². The Bertz CT molecular complexity index is 246. The van der Waals surface area contributed by atoms with Gasteiger partial charge in [-0.15, -0.1) is 0 Å². The first kappa shape index (κ1) is 14.5. The molecule has 17 heavy (non-hydrogen) atoms. The Labute approximate surface area is 104 Å². The van der Waals surface area contributed by atoms with Crippen LogP contribution in [0.1, 0.15) is 40.0 Å². The third-order valence-electron chi connectivity index (χ3n) is 3.51. The van der Waals surface area contributed by atoms with Crippen molar-refractivity contribution >= 4 is 5.91 Å². The van der Waals surface area contributed by atoms with Gasteiger partial charge in [-0.3, -0.25) is 4.79 Å². The van der Waals surface area contributed by atoms with Crippen molar-refractivity contribution in [2.45, 2.75) is 52.1 Å². The molecule has 1 amide bonds. The van der Waals surface area contributed by atoms with Crippen molar-refractivity contribution in [1.82, 2.24) is 5.32 Å². The Morgan fingerprint density at radius 2 is 2.24 bits per heavy atom. The van der Waals surface area contributed by atoms with Gasteiger partial charge in [-0.1, -0.05) is 6.92 Å². The van der Waals surface area contributed by atoms with Crippen molar-refractivity contribution in [3.8, 4) is 0 Å². The van der Waals surface area contributed by atoms with E-state index in [0.29, 0.717) is 19.1 Å². The first-order valence-corrected chi connectivity index (χ1v) is 6.68. The number of carbonyl (C=O) groups is 1. The van der Waals surface area contributed by atoms with Crippen LogP contribution in [0, 0.1) is 11.8 Å². The van der Waals surface area contributed by atoms with Gasteiger partial charge in [0.2, 0.25) is 5.91 Å². The maximum absolute atomic E-state index is 12.1. The average molecular weight is 242 g/mol. The number of nitrogens with two attached hydrogens (primary N) is 1. The number of ether oxygens (including phenoxy) is 1. The molecule has 0 saturated heterocycles. The highest BCUT2D eigenvalue weighted by Gasteiger charge is 2.31. The standard InChI is InChI=1S/C13H26N2O2/c1-4-17-8-10(3)15-13(16)12-6-5-11(14)7-9(12)2/h9-12H,4-8,14H2,1-3H3,(H,15,16). The van der Waals surface area contributed by atoms with Crippen molar-refractivity contribution in [2.75, 3.05) is 13.2 Å². The molecule has 0 aliphatic heterocycles. The van der Waals surface area contributed by atoms with E-state index in [1.54, 1.807) is 0 Å². The maximum Gasteiger partial charge on any atom is 0.223 e. The SMILES string of the molecule is CCOCC(C)NC(=O)C1CCC(N)CC1C. The Morgan fingerprint density at radius 3 is 2.82 bits per heavy atom. The van der Waals surface area contributed by atoms with Crippen LogP contribution < -0.4 is 11.1 Å². The highest BCUT2D eigenvalue weighted by Crippen LogP contribution is 2.29. The summed E-state index contributed by atoms with van der Waals surface area (Å²) in [4.78, 5) is 12.1. The van der Waals surface area contributed by atoms with Gasteiger partial charge in [0.25, 0.3) is 0 Å².